The van der Waals surface area contributed by atoms with Crippen molar-refractivity contribution in [3.05, 3.63) is 78.1 Å². The van der Waals surface area contributed by atoms with Crippen molar-refractivity contribution >= 4 is 17.5 Å². The van der Waals surface area contributed by atoms with E-state index in [-0.39, 0.29) is 12.5 Å². The van der Waals surface area contributed by atoms with Crippen molar-refractivity contribution in [1.29, 1.82) is 0 Å². The van der Waals surface area contributed by atoms with Crippen LogP contribution in [0.4, 0.5) is 5.69 Å². The first kappa shape index (κ1) is 21.8. The van der Waals surface area contributed by atoms with Gasteiger partial charge >= 0.3 is 0 Å². The van der Waals surface area contributed by atoms with E-state index in [9.17, 15) is 9.59 Å². The number of carbonyl (C=O) groups is 2. The second-order valence-electron chi connectivity index (χ2n) is 6.97. The van der Waals surface area contributed by atoms with Crippen molar-refractivity contribution in [2.45, 2.75) is 0 Å². The molecule has 0 spiro atoms. The average molecular weight is 420 g/mol. The molecule has 1 aromatic heterocycles. The molecule has 0 saturated carbocycles. The van der Waals surface area contributed by atoms with E-state index in [0.717, 1.165) is 16.8 Å². The number of pyridine rings is 1. The van der Waals surface area contributed by atoms with Crippen molar-refractivity contribution < 1.29 is 19.5 Å². The summed E-state index contributed by atoms with van der Waals surface area (Å²) in [4.78, 5) is 30.0. The lowest BCUT2D eigenvalue weighted by molar-refractivity contribution is 0.0706. The third-order valence-corrected chi connectivity index (χ3v) is 4.59. The molecule has 0 aliphatic heterocycles. The fourth-order valence-electron chi connectivity index (χ4n) is 2.88. The van der Waals surface area contributed by atoms with Gasteiger partial charge in [0.1, 0.15) is 12.4 Å². The third kappa shape index (κ3) is 5.80. The number of anilines is 1. The van der Waals surface area contributed by atoms with Crippen LogP contribution in [0.15, 0.2) is 67.0 Å². The zero-order valence-corrected chi connectivity index (χ0v) is 17.3. The molecule has 0 atom stereocenters. The van der Waals surface area contributed by atoms with E-state index in [1.165, 1.54) is 18.3 Å². The number of aromatic nitrogens is 1. The fraction of sp³-hybridized carbons (Fsp3) is 0.174. The van der Waals surface area contributed by atoms with Crippen molar-refractivity contribution in [3.63, 3.8) is 0 Å². The number of hydrogen-bond acceptors (Lipinski definition) is 6. The number of hydroxylamine groups is 1. The Bertz CT molecular complexity index is 1030. The van der Waals surface area contributed by atoms with Gasteiger partial charge in [-0.2, -0.15) is 0 Å². The molecule has 1 heterocycles. The van der Waals surface area contributed by atoms with Gasteiger partial charge in [0.15, 0.2) is 0 Å². The molecule has 0 radical (unpaired) electrons. The Morgan fingerprint density at radius 2 is 1.65 bits per heavy atom. The number of nitrogens with zero attached hydrogens (tertiary/aromatic N) is 2. The van der Waals surface area contributed by atoms with Gasteiger partial charge in [0.05, 0.1) is 12.1 Å². The Morgan fingerprint density at radius 3 is 2.29 bits per heavy atom. The summed E-state index contributed by atoms with van der Waals surface area (Å²) in [6.07, 6.45) is 3.25. The molecule has 0 aliphatic rings. The summed E-state index contributed by atoms with van der Waals surface area (Å²) in [5, 5.41) is 11.4. The van der Waals surface area contributed by atoms with Crippen molar-refractivity contribution in [1.82, 2.24) is 15.8 Å². The summed E-state index contributed by atoms with van der Waals surface area (Å²) in [6, 6.07) is 16.1. The molecular formula is C23H24N4O4. The van der Waals surface area contributed by atoms with Crippen LogP contribution in [0.3, 0.4) is 0 Å². The Balaban J connectivity index is 1.53. The van der Waals surface area contributed by atoms with Gasteiger partial charge in [0.2, 0.25) is 0 Å². The van der Waals surface area contributed by atoms with Crippen LogP contribution in [0.5, 0.6) is 5.75 Å². The van der Waals surface area contributed by atoms with Crippen molar-refractivity contribution in [3.8, 4) is 16.9 Å². The number of ether oxygens (including phenoxy) is 1. The largest absolute Gasteiger partial charge is 0.492 e. The highest BCUT2D eigenvalue weighted by Crippen LogP contribution is 2.22. The number of benzene rings is 2. The predicted molar refractivity (Wildman–Crippen MR) is 118 cm³/mol. The lowest BCUT2D eigenvalue weighted by Crippen LogP contribution is -2.28. The van der Waals surface area contributed by atoms with E-state index in [1.54, 1.807) is 29.9 Å². The molecule has 160 valence electrons. The van der Waals surface area contributed by atoms with Gasteiger partial charge in [-0.15, -0.1) is 0 Å². The highest BCUT2D eigenvalue weighted by Gasteiger charge is 2.09. The van der Waals surface area contributed by atoms with E-state index in [1.807, 2.05) is 43.3 Å². The maximum Gasteiger partial charge on any atom is 0.274 e. The minimum Gasteiger partial charge on any atom is -0.492 e. The Morgan fingerprint density at radius 1 is 0.935 bits per heavy atom. The Hall–Kier alpha value is -3.91. The number of hydrogen-bond donors (Lipinski definition) is 3. The first-order valence-electron chi connectivity index (χ1n) is 9.66. The second kappa shape index (κ2) is 10.2. The van der Waals surface area contributed by atoms with Crippen LogP contribution >= 0.6 is 0 Å². The molecule has 0 unspecified atom stereocenters. The van der Waals surface area contributed by atoms with E-state index in [0.29, 0.717) is 23.4 Å². The highest BCUT2D eigenvalue weighted by atomic mass is 16.5. The van der Waals surface area contributed by atoms with Crippen molar-refractivity contribution in [2.24, 2.45) is 0 Å². The molecule has 3 rings (SSSR count). The van der Waals surface area contributed by atoms with Crippen LogP contribution in [0.1, 0.15) is 20.7 Å². The Labute approximate surface area is 180 Å². The maximum atomic E-state index is 12.5. The molecule has 3 aromatic rings. The smallest absolute Gasteiger partial charge is 0.274 e. The zero-order chi connectivity index (χ0) is 22.2. The number of carbonyl (C=O) groups excluding carboxylic acids is 2. The number of rotatable bonds is 8. The van der Waals surface area contributed by atoms with Crippen LogP contribution in [-0.2, 0) is 0 Å². The molecule has 0 fully saturated rings. The summed E-state index contributed by atoms with van der Waals surface area (Å²) in [6.45, 7) is 0.565. The molecule has 0 aliphatic carbocycles. The van der Waals surface area contributed by atoms with E-state index in [2.05, 4.69) is 10.3 Å². The highest BCUT2D eigenvalue weighted by molar-refractivity contribution is 5.95. The van der Waals surface area contributed by atoms with Gasteiger partial charge in [-0.1, -0.05) is 12.1 Å². The quantitative estimate of drug-likeness (QED) is 0.294. The van der Waals surface area contributed by atoms with Crippen molar-refractivity contribution in [2.75, 3.05) is 32.1 Å². The zero-order valence-electron chi connectivity index (χ0n) is 17.3. The lowest BCUT2D eigenvalue weighted by atomic mass is 10.1. The maximum absolute atomic E-state index is 12.5. The third-order valence-electron chi connectivity index (χ3n) is 4.59. The first-order chi connectivity index (χ1) is 15.0. The monoisotopic (exact) mass is 420 g/mol. The summed E-state index contributed by atoms with van der Waals surface area (Å²) >= 11 is 0. The van der Waals surface area contributed by atoms with Gasteiger partial charge in [-0.05, 0) is 48.0 Å². The summed E-state index contributed by atoms with van der Waals surface area (Å²) in [5.41, 5.74) is 5.28. The van der Waals surface area contributed by atoms with Gasteiger partial charge in [0.25, 0.3) is 11.8 Å². The molecule has 8 heteroatoms. The molecule has 3 N–H and O–H groups in total. The molecule has 0 saturated heterocycles. The van der Waals surface area contributed by atoms with Gasteiger partial charge in [-0.25, -0.2) is 5.48 Å². The van der Waals surface area contributed by atoms with Crippen LogP contribution < -0.4 is 20.4 Å². The minimum absolute atomic E-state index is 0.238. The Kier molecular flexibility index (Phi) is 7.18. The minimum atomic E-state index is -0.594. The van der Waals surface area contributed by atoms with E-state index in [4.69, 9.17) is 9.94 Å². The molecule has 2 aromatic carbocycles. The summed E-state index contributed by atoms with van der Waals surface area (Å²) in [5.74, 6) is -0.283. The first-order valence-corrected chi connectivity index (χ1v) is 9.66. The SMILES string of the molecule is CN(C)c1ccc(-c2cncc(C(=O)NCCOc3ccc(C(=O)NO)cc3)c2)cc1. The molecule has 8 nitrogen and oxygen atoms in total. The van der Waals surface area contributed by atoms with Gasteiger partial charge in [-0.3, -0.25) is 19.8 Å². The molecule has 31 heavy (non-hydrogen) atoms. The summed E-state index contributed by atoms with van der Waals surface area (Å²) in [7, 11) is 3.96. The topological polar surface area (TPSA) is 104 Å². The van der Waals surface area contributed by atoms with E-state index < -0.39 is 5.91 Å². The fourth-order valence-corrected chi connectivity index (χ4v) is 2.88. The van der Waals surface area contributed by atoms with Crippen LogP contribution in [-0.4, -0.2) is 49.3 Å². The van der Waals surface area contributed by atoms with Gasteiger partial charge < -0.3 is 15.0 Å². The molecule has 0 bridgehead atoms. The average Bonchev–Trinajstić information content (AvgIpc) is 2.81. The predicted octanol–water partition coefficient (Wildman–Crippen LogP) is 2.74. The second-order valence-corrected chi connectivity index (χ2v) is 6.97. The van der Waals surface area contributed by atoms with E-state index >= 15 is 0 Å². The van der Waals surface area contributed by atoms with Gasteiger partial charge in [0, 0.05) is 43.3 Å². The number of nitrogens with one attached hydrogen (secondary N) is 2. The van der Waals surface area contributed by atoms with Crippen LogP contribution in [0.2, 0.25) is 0 Å². The normalized spacial score (nSPS) is 10.3. The number of amides is 2. The van der Waals surface area contributed by atoms with Crippen LogP contribution in [0.25, 0.3) is 11.1 Å². The molecule has 2 amide bonds. The summed E-state index contributed by atoms with van der Waals surface area (Å²) < 4.78 is 5.56. The van der Waals surface area contributed by atoms with Crippen LogP contribution in [0, 0.1) is 0 Å². The lowest BCUT2D eigenvalue weighted by Gasteiger charge is -2.13. The standard InChI is InChI=1S/C23H24N4O4/c1-27(2)20-7-3-16(4-8-20)18-13-19(15-24-14-18)22(28)25-11-12-31-21-9-5-17(6-10-21)23(29)26-30/h3-10,13-15,30H,11-12H2,1-2H3,(H,25,28)(H,26,29). The molecular weight excluding hydrogens is 396 g/mol.